The fraction of sp³-hybridized carbons (Fsp3) is 0.545. The van der Waals surface area contributed by atoms with Crippen molar-refractivity contribution in [2.75, 3.05) is 47.1 Å². The van der Waals surface area contributed by atoms with Gasteiger partial charge >= 0.3 is 0 Å². The Morgan fingerprint density at radius 2 is 2.00 bits per heavy atom. The number of nitrogens with zero attached hydrogens (tertiary/aromatic N) is 4. The van der Waals surface area contributed by atoms with Gasteiger partial charge in [-0.05, 0) is 37.1 Å². The number of hydrogen-bond acceptors (Lipinski definition) is 7. The maximum Gasteiger partial charge on any atom is 0.227 e. The number of fused-ring (bicyclic) bond motifs is 1. The maximum atomic E-state index is 12.6. The highest BCUT2D eigenvalue weighted by molar-refractivity contribution is 7.85. The van der Waals surface area contributed by atoms with E-state index in [1.807, 2.05) is 26.0 Å². The lowest BCUT2D eigenvalue weighted by molar-refractivity contribution is 0.249. The second kappa shape index (κ2) is 9.30. The topological polar surface area (TPSA) is 81.6 Å². The summed E-state index contributed by atoms with van der Waals surface area (Å²) in [5.41, 5.74) is 2.02. The van der Waals surface area contributed by atoms with Gasteiger partial charge in [-0.15, -0.1) is 0 Å². The zero-order chi connectivity index (χ0) is 22.1. The number of aliphatic hydroxyl groups excluding tert-OH is 1. The molecule has 1 aromatic heterocycles. The molecule has 4 rings (SSSR count). The smallest absolute Gasteiger partial charge is 0.227 e. The number of hydrogen-bond donors (Lipinski definition) is 2. The standard InChI is InChI=1S/C22H30ClN5O2S/c1-14(2)19(13-29)24-21-20-18(8-11-31(20)30)25-22(26-21)28-10-9-27(12-15(28)3)17-6-4-16(23)5-7-17/h4-7,14-15,19,29H,8-13H2,1-3H3,(H,24,25,26). The molecular formula is C22H30ClN5O2S. The number of rotatable bonds is 6. The molecule has 168 valence electrons. The van der Waals surface area contributed by atoms with Crippen LogP contribution in [-0.4, -0.2) is 63.4 Å². The van der Waals surface area contributed by atoms with Crippen LogP contribution in [0.15, 0.2) is 29.2 Å². The van der Waals surface area contributed by atoms with Crippen LogP contribution in [0.25, 0.3) is 0 Å². The Labute approximate surface area is 191 Å². The minimum atomic E-state index is -1.10. The number of aromatic nitrogens is 2. The summed E-state index contributed by atoms with van der Waals surface area (Å²) in [7, 11) is -1.10. The van der Waals surface area contributed by atoms with Crippen LogP contribution in [-0.2, 0) is 17.2 Å². The van der Waals surface area contributed by atoms with Gasteiger partial charge in [0.25, 0.3) is 0 Å². The second-order valence-electron chi connectivity index (χ2n) is 8.59. The molecule has 0 saturated carbocycles. The molecule has 0 amide bonds. The highest BCUT2D eigenvalue weighted by Crippen LogP contribution is 2.32. The van der Waals surface area contributed by atoms with Crippen molar-refractivity contribution in [3.63, 3.8) is 0 Å². The molecule has 3 unspecified atom stereocenters. The molecule has 0 bridgehead atoms. The lowest BCUT2D eigenvalue weighted by Gasteiger charge is -2.41. The van der Waals surface area contributed by atoms with Crippen LogP contribution in [0.1, 0.15) is 26.5 Å². The zero-order valence-corrected chi connectivity index (χ0v) is 19.8. The molecule has 9 heteroatoms. The van der Waals surface area contributed by atoms with E-state index in [1.54, 1.807) is 0 Å². The number of benzene rings is 1. The van der Waals surface area contributed by atoms with Crippen LogP contribution in [0, 0.1) is 5.92 Å². The van der Waals surface area contributed by atoms with Crippen LogP contribution >= 0.6 is 11.6 Å². The van der Waals surface area contributed by atoms with Gasteiger partial charge < -0.3 is 20.2 Å². The van der Waals surface area contributed by atoms with Gasteiger partial charge in [0, 0.05) is 48.6 Å². The summed E-state index contributed by atoms with van der Waals surface area (Å²) in [4.78, 5) is 14.9. The summed E-state index contributed by atoms with van der Waals surface area (Å²) in [5, 5.41) is 13.9. The van der Waals surface area contributed by atoms with Crippen LogP contribution in [0.3, 0.4) is 0 Å². The molecule has 1 aromatic carbocycles. The van der Waals surface area contributed by atoms with E-state index in [1.165, 1.54) is 0 Å². The fourth-order valence-electron chi connectivity index (χ4n) is 4.15. The van der Waals surface area contributed by atoms with Crippen molar-refractivity contribution in [2.45, 2.75) is 44.2 Å². The average Bonchev–Trinajstić information content (AvgIpc) is 3.13. The van der Waals surface area contributed by atoms with Crippen LogP contribution in [0.2, 0.25) is 5.02 Å². The largest absolute Gasteiger partial charge is 0.394 e. The molecule has 31 heavy (non-hydrogen) atoms. The third-order valence-corrected chi connectivity index (χ3v) is 7.79. The molecule has 3 heterocycles. The first-order valence-corrected chi connectivity index (χ1v) is 12.5. The normalized spacial score (nSPS) is 22.0. The third kappa shape index (κ3) is 4.66. The Bertz CT molecular complexity index is 956. The summed E-state index contributed by atoms with van der Waals surface area (Å²) < 4.78 is 12.6. The minimum Gasteiger partial charge on any atom is -0.394 e. The van der Waals surface area contributed by atoms with Gasteiger partial charge in [-0.3, -0.25) is 4.21 Å². The number of piperazine rings is 1. The van der Waals surface area contributed by atoms with Crippen LogP contribution in [0.5, 0.6) is 0 Å². The number of nitrogens with one attached hydrogen (secondary N) is 1. The van der Waals surface area contributed by atoms with Crippen molar-refractivity contribution in [1.29, 1.82) is 0 Å². The second-order valence-corrected chi connectivity index (χ2v) is 10.5. The van der Waals surface area contributed by atoms with Gasteiger partial charge in [-0.2, -0.15) is 4.98 Å². The fourth-order valence-corrected chi connectivity index (χ4v) is 5.59. The molecule has 7 nitrogen and oxygen atoms in total. The van der Waals surface area contributed by atoms with Gasteiger partial charge in [0.15, 0.2) is 0 Å². The Kier molecular flexibility index (Phi) is 6.69. The van der Waals surface area contributed by atoms with Gasteiger partial charge in [0.2, 0.25) is 5.95 Å². The Hall–Kier alpha value is -1.90. The highest BCUT2D eigenvalue weighted by Gasteiger charge is 2.31. The van der Waals surface area contributed by atoms with E-state index in [0.717, 1.165) is 36.0 Å². The lowest BCUT2D eigenvalue weighted by Crippen LogP contribution is -2.52. The van der Waals surface area contributed by atoms with Gasteiger partial charge in [0.1, 0.15) is 10.7 Å². The number of halogens is 1. The minimum absolute atomic E-state index is 0.00538. The lowest BCUT2D eigenvalue weighted by atomic mass is 10.1. The van der Waals surface area contributed by atoms with Crippen molar-refractivity contribution in [2.24, 2.45) is 5.92 Å². The first-order valence-electron chi connectivity index (χ1n) is 10.8. The van der Waals surface area contributed by atoms with Crippen LogP contribution < -0.4 is 15.1 Å². The SMILES string of the molecule is CC(C)C(CO)Nc1nc(N2CCN(c3ccc(Cl)cc3)CC2C)nc2c1S(=O)CC2. The first-order chi connectivity index (χ1) is 14.9. The van der Waals surface area contributed by atoms with Crippen molar-refractivity contribution in [1.82, 2.24) is 9.97 Å². The van der Waals surface area contributed by atoms with Crippen molar-refractivity contribution in [3.8, 4) is 0 Å². The molecule has 3 atom stereocenters. The number of anilines is 3. The van der Waals surface area contributed by atoms with Gasteiger partial charge in [-0.25, -0.2) is 4.98 Å². The van der Waals surface area contributed by atoms with E-state index in [9.17, 15) is 9.32 Å². The van der Waals surface area contributed by atoms with E-state index >= 15 is 0 Å². The van der Waals surface area contributed by atoms with E-state index in [-0.39, 0.29) is 24.6 Å². The van der Waals surface area contributed by atoms with E-state index in [2.05, 4.69) is 34.2 Å². The number of aryl methyl sites for hydroxylation is 1. The predicted molar refractivity (Wildman–Crippen MR) is 127 cm³/mol. The summed E-state index contributed by atoms with van der Waals surface area (Å²) in [6.07, 6.45) is 0.691. The molecular weight excluding hydrogens is 434 g/mol. The summed E-state index contributed by atoms with van der Waals surface area (Å²) >= 11 is 6.03. The van der Waals surface area contributed by atoms with E-state index in [4.69, 9.17) is 21.6 Å². The van der Waals surface area contributed by atoms with Crippen molar-refractivity contribution in [3.05, 3.63) is 35.0 Å². The van der Waals surface area contributed by atoms with Gasteiger partial charge in [-0.1, -0.05) is 25.4 Å². The van der Waals surface area contributed by atoms with Gasteiger partial charge in [0.05, 0.1) is 29.1 Å². The third-order valence-electron chi connectivity index (χ3n) is 6.08. The summed E-state index contributed by atoms with van der Waals surface area (Å²) in [6, 6.07) is 8.00. The average molecular weight is 464 g/mol. The monoisotopic (exact) mass is 463 g/mol. The Morgan fingerprint density at radius 3 is 2.65 bits per heavy atom. The molecule has 2 aromatic rings. The Balaban J connectivity index is 1.59. The molecule has 1 fully saturated rings. The maximum absolute atomic E-state index is 12.6. The van der Waals surface area contributed by atoms with E-state index in [0.29, 0.717) is 28.8 Å². The molecule has 2 aliphatic rings. The molecule has 1 saturated heterocycles. The zero-order valence-electron chi connectivity index (χ0n) is 18.2. The first kappa shape index (κ1) is 22.3. The Morgan fingerprint density at radius 1 is 1.26 bits per heavy atom. The predicted octanol–water partition coefficient (Wildman–Crippen LogP) is 2.94. The molecule has 0 spiro atoms. The number of aliphatic hydroxyl groups is 1. The van der Waals surface area contributed by atoms with Crippen LogP contribution in [0.4, 0.5) is 17.5 Å². The molecule has 2 aliphatic heterocycles. The molecule has 0 radical (unpaired) electrons. The highest BCUT2D eigenvalue weighted by atomic mass is 35.5. The quantitative estimate of drug-likeness (QED) is 0.681. The van der Waals surface area contributed by atoms with E-state index < -0.39 is 10.8 Å². The summed E-state index contributed by atoms with van der Waals surface area (Å²) in [6.45, 7) is 8.76. The van der Waals surface area contributed by atoms with Crippen molar-refractivity contribution < 1.29 is 9.32 Å². The van der Waals surface area contributed by atoms with Crippen molar-refractivity contribution >= 4 is 39.9 Å². The summed E-state index contributed by atoms with van der Waals surface area (Å²) in [5.74, 6) is 2.07. The molecule has 0 aliphatic carbocycles. The molecule has 2 N–H and O–H groups in total.